The van der Waals surface area contributed by atoms with E-state index >= 15 is 0 Å². The zero-order valence-electron chi connectivity index (χ0n) is 11.2. The second kappa shape index (κ2) is 5.20. The zero-order chi connectivity index (χ0) is 16.0. The number of hydrogen-bond acceptors (Lipinski definition) is 5. The van der Waals surface area contributed by atoms with Crippen molar-refractivity contribution >= 4 is 38.6 Å². The van der Waals surface area contributed by atoms with E-state index in [1.54, 1.807) is 0 Å². The highest BCUT2D eigenvalue weighted by molar-refractivity contribution is 7.89. The minimum Gasteiger partial charge on any atom is -0.480 e. The number of aromatic nitrogens is 2. The van der Waals surface area contributed by atoms with Gasteiger partial charge in [-0.25, -0.2) is 13.4 Å². The summed E-state index contributed by atoms with van der Waals surface area (Å²) in [6.45, 7) is -0.0546. The van der Waals surface area contributed by atoms with Crippen LogP contribution in [0.5, 0.6) is 0 Å². The van der Waals surface area contributed by atoms with Crippen LogP contribution in [-0.2, 0) is 19.6 Å². The summed E-state index contributed by atoms with van der Waals surface area (Å²) in [6.07, 6.45) is 2.72. The van der Waals surface area contributed by atoms with Crippen LogP contribution in [-0.4, -0.2) is 48.2 Å². The lowest BCUT2D eigenvalue weighted by atomic mass is 10.0. The van der Waals surface area contributed by atoms with Crippen molar-refractivity contribution in [3.05, 3.63) is 23.5 Å². The van der Waals surface area contributed by atoms with E-state index in [9.17, 15) is 18.3 Å². The number of halogens is 1. The molecule has 3 rings (SSSR count). The molecule has 22 heavy (non-hydrogen) atoms. The second-order valence-electron chi connectivity index (χ2n) is 4.96. The summed E-state index contributed by atoms with van der Waals surface area (Å²) in [7, 11) is -4.12. The van der Waals surface area contributed by atoms with Crippen LogP contribution >= 0.6 is 11.6 Å². The van der Waals surface area contributed by atoms with E-state index in [0.29, 0.717) is 5.65 Å². The average molecular weight is 346 g/mol. The summed E-state index contributed by atoms with van der Waals surface area (Å²) in [5, 5.41) is 9.77. The van der Waals surface area contributed by atoms with E-state index in [0.717, 1.165) is 0 Å². The van der Waals surface area contributed by atoms with Crippen LogP contribution in [0.3, 0.4) is 0 Å². The van der Waals surface area contributed by atoms with Crippen molar-refractivity contribution in [2.24, 2.45) is 0 Å². The largest absolute Gasteiger partial charge is 0.480 e. The number of pyridine rings is 1. The molecule has 118 valence electrons. The van der Waals surface area contributed by atoms with Crippen molar-refractivity contribution in [1.82, 2.24) is 14.7 Å². The summed E-state index contributed by atoms with van der Waals surface area (Å²) < 4.78 is 32.5. The number of carboxylic acids is 1. The van der Waals surface area contributed by atoms with Gasteiger partial charge in [0.2, 0.25) is 10.0 Å². The second-order valence-corrected chi connectivity index (χ2v) is 7.02. The van der Waals surface area contributed by atoms with Crippen LogP contribution in [0.2, 0.25) is 5.02 Å². The lowest BCUT2D eigenvalue weighted by Gasteiger charge is -2.23. The molecule has 1 aliphatic rings. The molecule has 1 atom stereocenters. The first kappa shape index (κ1) is 15.2. The molecule has 0 aromatic carbocycles. The Morgan fingerprint density at radius 2 is 2.32 bits per heavy atom. The third-order valence-electron chi connectivity index (χ3n) is 3.54. The van der Waals surface area contributed by atoms with Gasteiger partial charge >= 0.3 is 5.97 Å². The molecule has 1 fully saturated rings. The van der Waals surface area contributed by atoms with Gasteiger partial charge in [-0.1, -0.05) is 11.6 Å². The highest BCUT2D eigenvalue weighted by atomic mass is 35.5. The smallest absolute Gasteiger partial charge is 0.327 e. The van der Waals surface area contributed by atoms with Crippen LogP contribution in [0, 0.1) is 0 Å². The van der Waals surface area contributed by atoms with Crippen molar-refractivity contribution in [2.75, 3.05) is 13.2 Å². The van der Waals surface area contributed by atoms with Gasteiger partial charge in [0.1, 0.15) is 10.5 Å². The van der Waals surface area contributed by atoms with Gasteiger partial charge in [-0.05, 0) is 6.07 Å². The molecule has 0 radical (unpaired) electrons. The number of sulfonamides is 1. The fourth-order valence-corrected chi connectivity index (χ4v) is 4.24. The molecule has 1 saturated heterocycles. The molecule has 0 saturated carbocycles. The summed E-state index contributed by atoms with van der Waals surface area (Å²) in [4.78, 5) is 18.0. The molecule has 1 unspecified atom stereocenters. The summed E-state index contributed by atoms with van der Waals surface area (Å²) in [5.74, 6) is -1.28. The van der Waals surface area contributed by atoms with Gasteiger partial charge in [0.15, 0.2) is 5.54 Å². The van der Waals surface area contributed by atoms with Crippen molar-refractivity contribution in [3.63, 3.8) is 0 Å². The SMILES string of the molecule is O=C(O)C1(NS(=O)(=O)c2c[nH]c3nccc(Cl)c23)CCOC1. The Bertz CT molecular complexity index is 842. The molecule has 0 spiro atoms. The van der Waals surface area contributed by atoms with E-state index in [1.165, 1.54) is 18.5 Å². The number of H-pyrrole nitrogens is 1. The van der Waals surface area contributed by atoms with E-state index in [-0.39, 0.29) is 34.9 Å². The van der Waals surface area contributed by atoms with Crippen LogP contribution in [0.4, 0.5) is 0 Å². The lowest BCUT2D eigenvalue weighted by Crippen LogP contribution is -2.54. The maximum Gasteiger partial charge on any atom is 0.327 e. The number of fused-ring (bicyclic) bond motifs is 1. The van der Waals surface area contributed by atoms with Gasteiger partial charge < -0.3 is 14.8 Å². The molecule has 2 aromatic heterocycles. The lowest BCUT2D eigenvalue weighted by molar-refractivity contribution is -0.144. The molecule has 3 heterocycles. The number of nitrogens with one attached hydrogen (secondary N) is 2. The topological polar surface area (TPSA) is 121 Å². The molecule has 0 aliphatic carbocycles. The van der Waals surface area contributed by atoms with Crippen molar-refractivity contribution in [3.8, 4) is 0 Å². The number of aromatic amines is 1. The number of rotatable bonds is 4. The van der Waals surface area contributed by atoms with Gasteiger partial charge in [-0.3, -0.25) is 4.79 Å². The number of hydrogen-bond donors (Lipinski definition) is 3. The number of carbonyl (C=O) groups is 1. The summed E-state index contributed by atoms with van der Waals surface area (Å²) in [6, 6.07) is 1.46. The molecule has 0 amide bonds. The average Bonchev–Trinajstić information content (AvgIpc) is 3.06. The van der Waals surface area contributed by atoms with E-state index in [1.807, 2.05) is 0 Å². The molecular weight excluding hydrogens is 334 g/mol. The highest BCUT2D eigenvalue weighted by Gasteiger charge is 2.46. The molecule has 1 aliphatic heterocycles. The van der Waals surface area contributed by atoms with E-state index < -0.39 is 21.5 Å². The normalized spacial score (nSPS) is 22.2. The van der Waals surface area contributed by atoms with Gasteiger partial charge in [-0.15, -0.1) is 0 Å². The maximum absolute atomic E-state index is 12.6. The Hall–Kier alpha value is -1.68. The van der Waals surface area contributed by atoms with E-state index in [4.69, 9.17) is 16.3 Å². The quantitative estimate of drug-likeness (QED) is 0.751. The fourth-order valence-electron chi connectivity index (χ4n) is 2.37. The first-order chi connectivity index (χ1) is 10.4. The molecule has 8 nitrogen and oxygen atoms in total. The van der Waals surface area contributed by atoms with Crippen LogP contribution in [0.25, 0.3) is 11.0 Å². The van der Waals surface area contributed by atoms with Gasteiger partial charge in [0.25, 0.3) is 0 Å². The fraction of sp³-hybridized carbons (Fsp3) is 0.333. The molecule has 3 N–H and O–H groups in total. The first-order valence-corrected chi connectivity index (χ1v) is 8.19. The maximum atomic E-state index is 12.6. The Morgan fingerprint density at radius 1 is 1.55 bits per heavy atom. The number of carboxylic acid groups (broad SMARTS) is 1. The van der Waals surface area contributed by atoms with Crippen molar-refractivity contribution in [2.45, 2.75) is 16.9 Å². The molecule has 0 bridgehead atoms. The Labute approximate surface area is 130 Å². The molecular formula is C12H12ClN3O5S. The number of aliphatic carboxylic acids is 1. The Kier molecular flexibility index (Phi) is 3.60. The Morgan fingerprint density at radius 3 is 2.95 bits per heavy atom. The van der Waals surface area contributed by atoms with Crippen LogP contribution in [0.15, 0.2) is 23.4 Å². The van der Waals surface area contributed by atoms with Gasteiger partial charge in [-0.2, -0.15) is 4.72 Å². The molecule has 2 aromatic rings. The van der Waals surface area contributed by atoms with Crippen molar-refractivity contribution < 1.29 is 23.1 Å². The highest BCUT2D eigenvalue weighted by Crippen LogP contribution is 2.30. The Balaban J connectivity index is 2.07. The van der Waals surface area contributed by atoms with E-state index in [2.05, 4.69) is 14.7 Å². The number of nitrogens with zero attached hydrogens (tertiary/aromatic N) is 1. The number of ether oxygens (including phenoxy) is 1. The monoisotopic (exact) mass is 345 g/mol. The minimum atomic E-state index is -4.12. The first-order valence-electron chi connectivity index (χ1n) is 6.32. The van der Waals surface area contributed by atoms with Crippen molar-refractivity contribution in [1.29, 1.82) is 0 Å². The summed E-state index contributed by atoms with van der Waals surface area (Å²) >= 11 is 6.03. The summed E-state index contributed by atoms with van der Waals surface area (Å²) in [5.41, 5.74) is -1.36. The van der Waals surface area contributed by atoms with Gasteiger partial charge in [0.05, 0.1) is 17.0 Å². The standard InChI is InChI=1S/C12H12ClN3O5S/c13-7-1-3-14-10-9(7)8(5-15-10)22(19,20)16-12(11(17)18)2-4-21-6-12/h1,3,5,16H,2,4,6H2,(H,14,15)(H,17,18). The van der Waals surface area contributed by atoms with Crippen LogP contribution in [0.1, 0.15) is 6.42 Å². The third kappa shape index (κ3) is 2.35. The minimum absolute atomic E-state index is 0.0515. The van der Waals surface area contributed by atoms with Crippen LogP contribution < -0.4 is 4.72 Å². The molecule has 10 heteroatoms. The third-order valence-corrected chi connectivity index (χ3v) is 5.41. The predicted octanol–water partition coefficient (Wildman–Crippen LogP) is 0.738. The predicted molar refractivity (Wildman–Crippen MR) is 77.2 cm³/mol. The zero-order valence-corrected chi connectivity index (χ0v) is 12.7. The van der Waals surface area contributed by atoms with Gasteiger partial charge in [0, 0.05) is 25.4 Å².